The second-order valence-corrected chi connectivity index (χ2v) is 8.92. The first-order valence-electron chi connectivity index (χ1n) is 10.2. The van der Waals surface area contributed by atoms with Crippen LogP contribution in [0, 0.1) is 0 Å². The van der Waals surface area contributed by atoms with Crippen LogP contribution in [0.15, 0.2) is 42.5 Å². The van der Waals surface area contributed by atoms with Gasteiger partial charge in [-0.2, -0.15) is 0 Å². The fourth-order valence-electron chi connectivity index (χ4n) is 4.31. The number of nitrogens with zero attached hydrogens (tertiary/aromatic N) is 1. The molecule has 3 N–H and O–H groups in total. The molecule has 0 radical (unpaired) electrons. The zero-order valence-corrected chi connectivity index (χ0v) is 18.1. The van der Waals surface area contributed by atoms with Gasteiger partial charge in [0.05, 0.1) is 18.1 Å². The molecule has 160 valence electrons. The molecule has 2 aromatic carbocycles. The van der Waals surface area contributed by atoms with Crippen molar-refractivity contribution in [2.24, 2.45) is 5.73 Å². The van der Waals surface area contributed by atoms with Gasteiger partial charge >= 0.3 is 5.97 Å². The van der Waals surface area contributed by atoms with E-state index in [1.807, 2.05) is 42.5 Å². The molecular formula is C24H30N2O4. The van der Waals surface area contributed by atoms with Crippen LogP contribution in [0.3, 0.4) is 0 Å². The fourth-order valence-corrected chi connectivity index (χ4v) is 4.31. The first-order chi connectivity index (χ1) is 14.1. The van der Waals surface area contributed by atoms with Crippen LogP contribution in [0.2, 0.25) is 0 Å². The van der Waals surface area contributed by atoms with Crippen molar-refractivity contribution in [1.82, 2.24) is 0 Å². The third-order valence-corrected chi connectivity index (χ3v) is 6.08. The van der Waals surface area contributed by atoms with Gasteiger partial charge in [0, 0.05) is 24.8 Å². The molecule has 1 fully saturated rings. The van der Waals surface area contributed by atoms with E-state index in [2.05, 4.69) is 25.7 Å². The Bertz CT molecular complexity index is 940. The zero-order valence-electron chi connectivity index (χ0n) is 18.1. The molecule has 1 saturated heterocycles. The summed E-state index contributed by atoms with van der Waals surface area (Å²) < 4.78 is 5.43. The monoisotopic (exact) mass is 410 g/mol. The highest BCUT2D eigenvalue weighted by atomic mass is 16.5. The third kappa shape index (κ3) is 3.86. The lowest BCUT2D eigenvalue weighted by atomic mass is 9.72. The molecule has 0 saturated carbocycles. The molecule has 3 rings (SSSR count). The number of ether oxygens (including phenoxy) is 1. The molecule has 1 amide bonds. The number of hydrogen-bond donors (Lipinski definition) is 2. The van der Waals surface area contributed by atoms with E-state index in [4.69, 9.17) is 10.5 Å². The van der Waals surface area contributed by atoms with Crippen molar-refractivity contribution >= 4 is 17.6 Å². The molecule has 1 aliphatic heterocycles. The number of carboxylic acid groups (broad SMARTS) is 1. The lowest BCUT2D eigenvalue weighted by molar-refractivity contribution is -0.144. The molecule has 1 aliphatic rings. The number of rotatable bonds is 5. The van der Waals surface area contributed by atoms with Gasteiger partial charge < -0.3 is 20.5 Å². The number of anilines is 1. The number of benzene rings is 2. The van der Waals surface area contributed by atoms with Crippen molar-refractivity contribution in [2.75, 3.05) is 25.1 Å². The molecule has 0 aromatic heterocycles. The van der Waals surface area contributed by atoms with Gasteiger partial charge in [-0.15, -0.1) is 0 Å². The van der Waals surface area contributed by atoms with E-state index < -0.39 is 17.3 Å². The number of methoxy groups -OCH3 is 1. The highest BCUT2D eigenvalue weighted by Crippen LogP contribution is 2.42. The maximum Gasteiger partial charge on any atom is 0.314 e. The maximum atomic E-state index is 12.3. The Morgan fingerprint density at radius 2 is 1.70 bits per heavy atom. The number of carbonyl (C=O) groups excluding carboxylic acids is 1. The van der Waals surface area contributed by atoms with E-state index in [1.165, 1.54) is 7.11 Å². The Morgan fingerprint density at radius 1 is 1.10 bits per heavy atom. The maximum absolute atomic E-state index is 12.3. The van der Waals surface area contributed by atoms with Crippen molar-refractivity contribution < 1.29 is 19.4 Å². The number of nitrogens with two attached hydrogens (primary N) is 1. The van der Waals surface area contributed by atoms with Crippen molar-refractivity contribution in [2.45, 2.75) is 44.4 Å². The second kappa shape index (κ2) is 8.01. The Morgan fingerprint density at radius 3 is 2.17 bits per heavy atom. The van der Waals surface area contributed by atoms with Crippen LogP contribution in [-0.4, -0.2) is 37.2 Å². The van der Waals surface area contributed by atoms with Gasteiger partial charge in [0.1, 0.15) is 5.75 Å². The topological polar surface area (TPSA) is 92.9 Å². The Hall–Kier alpha value is -3.02. The van der Waals surface area contributed by atoms with Gasteiger partial charge in [-0.25, -0.2) is 0 Å². The Labute approximate surface area is 177 Å². The normalized spacial score (nSPS) is 16.2. The number of carboxylic acids is 1. The number of piperidine rings is 1. The van der Waals surface area contributed by atoms with Gasteiger partial charge in [0.25, 0.3) is 5.91 Å². The van der Waals surface area contributed by atoms with Crippen molar-refractivity contribution in [1.29, 1.82) is 0 Å². The predicted octanol–water partition coefficient (Wildman–Crippen LogP) is 3.71. The molecule has 6 nitrogen and oxygen atoms in total. The molecule has 0 spiro atoms. The molecule has 6 heteroatoms. The van der Waals surface area contributed by atoms with Crippen LogP contribution >= 0.6 is 0 Å². The summed E-state index contributed by atoms with van der Waals surface area (Å²) in [4.78, 5) is 26.4. The summed E-state index contributed by atoms with van der Waals surface area (Å²) in [5.41, 5.74) is 7.58. The molecule has 0 aliphatic carbocycles. The standard InChI is InChI=1S/C24H30N2O4/c1-23(2,3)18-14-17(21(25)27)20(30-4)15-19(18)26-12-10-24(11-13-26,22(28)29)16-8-6-5-7-9-16/h5-9,14-15H,10-13H2,1-4H3,(H2,25,27)(H,28,29). The third-order valence-electron chi connectivity index (χ3n) is 6.08. The fraction of sp³-hybridized carbons (Fsp3) is 0.417. The summed E-state index contributed by atoms with van der Waals surface area (Å²) in [6.07, 6.45) is 0.992. The Balaban J connectivity index is 2.00. The molecule has 0 atom stereocenters. The number of carbonyl (C=O) groups is 2. The molecule has 1 heterocycles. The number of primary amides is 1. The van der Waals surface area contributed by atoms with E-state index in [0.29, 0.717) is 37.2 Å². The SMILES string of the molecule is COc1cc(N2CCC(C(=O)O)(c3ccccc3)CC2)c(C(C)(C)C)cc1C(N)=O. The number of hydrogen-bond acceptors (Lipinski definition) is 4. The molecule has 0 unspecified atom stereocenters. The molecule has 30 heavy (non-hydrogen) atoms. The first-order valence-corrected chi connectivity index (χ1v) is 10.2. The van der Waals surface area contributed by atoms with Crippen LogP contribution in [0.5, 0.6) is 5.75 Å². The van der Waals surface area contributed by atoms with Gasteiger partial charge in [-0.05, 0) is 35.4 Å². The van der Waals surface area contributed by atoms with Crippen molar-refractivity contribution in [3.63, 3.8) is 0 Å². The van der Waals surface area contributed by atoms with Crippen LogP contribution in [0.25, 0.3) is 0 Å². The molecule has 2 aromatic rings. The summed E-state index contributed by atoms with van der Waals surface area (Å²) in [7, 11) is 1.52. The summed E-state index contributed by atoms with van der Waals surface area (Å²) in [6.45, 7) is 7.42. The zero-order chi connectivity index (χ0) is 22.1. The van der Waals surface area contributed by atoms with Crippen LogP contribution in [0.1, 0.15) is 55.1 Å². The van der Waals surface area contributed by atoms with E-state index in [-0.39, 0.29) is 5.41 Å². The van der Waals surface area contributed by atoms with Crippen molar-refractivity contribution in [3.8, 4) is 5.75 Å². The lowest BCUT2D eigenvalue weighted by Gasteiger charge is -2.42. The minimum atomic E-state index is -0.892. The van der Waals surface area contributed by atoms with Crippen LogP contribution < -0.4 is 15.4 Å². The van der Waals surface area contributed by atoms with Gasteiger partial charge in [-0.3, -0.25) is 9.59 Å². The van der Waals surface area contributed by atoms with Gasteiger partial charge in [-0.1, -0.05) is 51.1 Å². The van der Waals surface area contributed by atoms with E-state index in [9.17, 15) is 14.7 Å². The minimum absolute atomic E-state index is 0.230. The van der Waals surface area contributed by atoms with E-state index in [1.54, 1.807) is 0 Å². The average Bonchev–Trinajstić information content (AvgIpc) is 2.72. The second-order valence-electron chi connectivity index (χ2n) is 8.92. The summed E-state index contributed by atoms with van der Waals surface area (Å²) in [5.74, 6) is -0.883. The number of aliphatic carboxylic acids is 1. The Kier molecular flexibility index (Phi) is 5.79. The summed E-state index contributed by atoms with van der Waals surface area (Å²) in [6, 6.07) is 13.1. The van der Waals surface area contributed by atoms with Gasteiger partial charge in [0.2, 0.25) is 0 Å². The van der Waals surface area contributed by atoms with Crippen LogP contribution in [-0.2, 0) is 15.6 Å². The highest BCUT2D eigenvalue weighted by Gasteiger charge is 2.43. The smallest absolute Gasteiger partial charge is 0.314 e. The minimum Gasteiger partial charge on any atom is -0.496 e. The van der Waals surface area contributed by atoms with E-state index in [0.717, 1.165) is 16.8 Å². The lowest BCUT2D eigenvalue weighted by Crippen LogP contribution is -2.47. The van der Waals surface area contributed by atoms with Crippen LogP contribution in [0.4, 0.5) is 5.69 Å². The first kappa shape index (κ1) is 21.7. The summed E-state index contributed by atoms with van der Waals surface area (Å²) in [5, 5.41) is 10.1. The molecule has 0 bridgehead atoms. The summed E-state index contributed by atoms with van der Waals surface area (Å²) >= 11 is 0. The highest BCUT2D eigenvalue weighted by molar-refractivity contribution is 5.97. The quantitative estimate of drug-likeness (QED) is 0.784. The van der Waals surface area contributed by atoms with Gasteiger partial charge in [0.15, 0.2) is 0 Å². The molecular weight excluding hydrogens is 380 g/mol. The largest absolute Gasteiger partial charge is 0.496 e. The average molecular weight is 411 g/mol. The van der Waals surface area contributed by atoms with Crippen molar-refractivity contribution in [3.05, 3.63) is 59.2 Å². The number of amides is 1. The van der Waals surface area contributed by atoms with E-state index >= 15 is 0 Å². The predicted molar refractivity (Wildman–Crippen MR) is 117 cm³/mol.